The summed E-state index contributed by atoms with van der Waals surface area (Å²) in [6, 6.07) is 1.98. The van der Waals surface area contributed by atoms with Crippen LogP contribution in [-0.2, 0) is 12.8 Å². The third-order valence-electron chi connectivity index (χ3n) is 3.44. The summed E-state index contributed by atoms with van der Waals surface area (Å²) in [5.74, 6) is -0.160. The predicted octanol–water partition coefficient (Wildman–Crippen LogP) is 1.49. The molecule has 4 nitrogen and oxygen atoms in total. The molecule has 1 heterocycles. The molecule has 1 aliphatic carbocycles. The summed E-state index contributed by atoms with van der Waals surface area (Å²) in [4.78, 5) is 14.1. The first-order valence-corrected chi connectivity index (χ1v) is 7.56. The van der Waals surface area contributed by atoms with E-state index in [2.05, 4.69) is 5.32 Å². The fraction of sp³-hybridized carbons (Fsp3) is 0.643. The number of nitrogens with one attached hydrogen (secondary N) is 1. The van der Waals surface area contributed by atoms with Crippen LogP contribution in [0.15, 0.2) is 6.07 Å². The zero-order chi connectivity index (χ0) is 13.9. The zero-order valence-corrected chi connectivity index (χ0v) is 12.1. The summed E-state index contributed by atoms with van der Waals surface area (Å²) in [6.45, 7) is 1.19. The van der Waals surface area contributed by atoms with Crippen molar-refractivity contribution in [1.29, 1.82) is 0 Å². The first-order valence-electron chi connectivity index (χ1n) is 6.75. The van der Waals surface area contributed by atoms with E-state index in [1.54, 1.807) is 11.3 Å². The van der Waals surface area contributed by atoms with Crippen LogP contribution in [0.2, 0.25) is 0 Å². The normalized spacial score (nSPS) is 18.3. The Kier molecular flexibility index (Phi) is 4.60. The molecule has 0 saturated carbocycles. The number of hydrogen-bond donors (Lipinski definition) is 3. The Labute approximate surface area is 117 Å². The summed E-state index contributed by atoms with van der Waals surface area (Å²) in [6.07, 6.45) is 5.80. The van der Waals surface area contributed by atoms with Gasteiger partial charge in [-0.2, -0.15) is 0 Å². The Morgan fingerprint density at radius 1 is 1.42 bits per heavy atom. The Bertz CT molecular complexity index is 430. The van der Waals surface area contributed by atoms with Crippen LogP contribution in [0.3, 0.4) is 0 Å². The van der Waals surface area contributed by atoms with Crippen LogP contribution in [0.1, 0.15) is 46.3 Å². The second-order valence-electron chi connectivity index (χ2n) is 5.46. The molecule has 1 aromatic heterocycles. The predicted molar refractivity (Wildman–Crippen MR) is 75.6 cm³/mol. The molecule has 0 aliphatic heterocycles. The standard InChI is InChI=1S/C14H21NO3S/c1-14(18,9-16)8-15-13(17)12-7-10-5-3-2-4-6-11(10)19-12/h7,16,18H,2-6,8-9H2,1H3,(H,15,17). The summed E-state index contributed by atoms with van der Waals surface area (Å²) in [5, 5.41) is 21.3. The van der Waals surface area contributed by atoms with Crippen LogP contribution in [0.25, 0.3) is 0 Å². The number of carbonyl (C=O) groups excluding carboxylic acids is 1. The van der Waals surface area contributed by atoms with Gasteiger partial charge in [-0.1, -0.05) is 6.42 Å². The van der Waals surface area contributed by atoms with Crippen molar-refractivity contribution < 1.29 is 15.0 Å². The van der Waals surface area contributed by atoms with E-state index >= 15 is 0 Å². The zero-order valence-electron chi connectivity index (χ0n) is 11.2. The number of amides is 1. The molecule has 0 bridgehead atoms. The lowest BCUT2D eigenvalue weighted by atomic mass is 10.1. The van der Waals surface area contributed by atoms with E-state index in [0.29, 0.717) is 4.88 Å². The van der Waals surface area contributed by atoms with Crippen molar-refractivity contribution in [3.63, 3.8) is 0 Å². The van der Waals surface area contributed by atoms with Gasteiger partial charge < -0.3 is 15.5 Å². The highest BCUT2D eigenvalue weighted by molar-refractivity contribution is 7.14. The fourth-order valence-electron chi connectivity index (χ4n) is 2.19. The van der Waals surface area contributed by atoms with Crippen molar-refractivity contribution >= 4 is 17.2 Å². The van der Waals surface area contributed by atoms with Crippen molar-refractivity contribution in [2.24, 2.45) is 0 Å². The third kappa shape index (κ3) is 3.78. The Balaban J connectivity index is 2.00. The Morgan fingerprint density at radius 2 is 2.16 bits per heavy atom. The molecule has 5 heteroatoms. The number of fused-ring (bicyclic) bond motifs is 1. The molecule has 19 heavy (non-hydrogen) atoms. The first kappa shape index (κ1) is 14.5. The van der Waals surface area contributed by atoms with Gasteiger partial charge in [0, 0.05) is 11.4 Å². The second-order valence-corrected chi connectivity index (χ2v) is 6.59. The van der Waals surface area contributed by atoms with E-state index in [1.807, 2.05) is 6.07 Å². The molecule has 1 aliphatic rings. The molecule has 0 saturated heterocycles. The molecule has 3 N–H and O–H groups in total. The van der Waals surface area contributed by atoms with Crippen LogP contribution in [0.5, 0.6) is 0 Å². The first-order chi connectivity index (χ1) is 9.02. The maximum atomic E-state index is 12.0. The molecule has 0 radical (unpaired) electrons. The van der Waals surface area contributed by atoms with Gasteiger partial charge in [0.25, 0.3) is 5.91 Å². The minimum absolute atomic E-state index is 0.0604. The van der Waals surface area contributed by atoms with Crippen LogP contribution in [0.4, 0.5) is 0 Å². The highest BCUT2D eigenvalue weighted by Crippen LogP contribution is 2.28. The fourth-order valence-corrected chi connectivity index (χ4v) is 3.36. The molecular weight excluding hydrogens is 262 g/mol. The van der Waals surface area contributed by atoms with Gasteiger partial charge >= 0.3 is 0 Å². The topological polar surface area (TPSA) is 69.6 Å². The lowest BCUT2D eigenvalue weighted by Gasteiger charge is -2.20. The molecule has 1 amide bonds. The molecule has 1 unspecified atom stereocenters. The second kappa shape index (κ2) is 6.03. The number of aryl methyl sites for hydroxylation is 2. The molecule has 106 valence electrons. The highest BCUT2D eigenvalue weighted by Gasteiger charge is 2.22. The van der Waals surface area contributed by atoms with E-state index in [-0.39, 0.29) is 19.1 Å². The van der Waals surface area contributed by atoms with E-state index in [4.69, 9.17) is 5.11 Å². The largest absolute Gasteiger partial charge is 0.393 e. The van der Waals surface area contributed by atoms with Crippen LogP contribution < -0.4 is 5.32 Å². The highest BCUT2D eigenvalue weighted by atomic mass is 32.1. The molecule has 1 atom stereocenters. The number of thiophene rings is 1. The van der Waals surface area contributed by atoms with Crippen LogP contribution in [0, 0.1) is 0 Å². The molecule has 0 spiro atoms. The van der Waals surface area contributed by atoms with Gasteiger partial charge in [0.05, 0.1) is 11.5 Å². The molecule has 2 rings (SSSR count). The van der Waals surface area contributed by atoms with Crippen molar-refractivity contribution in [2.45, 2.75) is 44.6 Å². The smallest absolute Gasteiger partial charge is 0.261 e. The summed E-state index contributed by atoms with van der Waals surface area (Å²) < 4.78 is 0. The van der Waals surface area contributed by atoms with Crippen LogP contribution in [-0.4, -0.2) is 34.9 Å². The van der Waals surface area contributed by atoms with Gasteiger partial charge in [0.1, 0.15) is 5.60 Å². The van der Waals surface area contributed by atoms with Gasteiger partial charge in [-0.25, -0.2) is 0 Å². The minimum Gasteiger partial charge on any atom is -0.393 e. The number of rotatable bonds is 4. The lowest BCUT2D eigenvalue weighted by Crippen LogP contribution is -2.43. The third-order valence-corrected chi connectivity index (χ3v) is 4.68. The summed E-state index contributed by atoms with van der Waals surface area (Å²) in [5.41, 5.74) is 0.0471. The van der Waals surface area contributed by atoms with Gasteiger partial charge in [0.2, 0.25) is 0 Å². The average Bonchev–Trinajstić information content (AvgIpc) is 2.68. The van der Waals surface area contributed by atoms with Gasteiger partial charge in [0.15, 0.2) is 0 Å². The lowest BCUT2D eigenvalue weighted by molar-refractivity contribution is 0.00323. The summed E-state index contributed by atoms with van der Waals surface area (Å²) in [7, 11) is 0. The van der Waals surface area contributed by atoms with Crippen LogP contribution >= 0.6 is 11.3 Å². The van der Waals surface area contributed by atoms with E-state index in [0.717, 1.165) is 12.8 Å². The van der Waals surface area contributed by atoms with Crippen molar-refractivity contribution in [2.75, 3.05) is 13.2 Å². The van der Waals surface area contributed by atoms with Gasteiger partial charge in [-0.05, 0) is 44.2 Å². The van der Waals surface area contributed by atoms with Crippen molar-refractivity contribution in [1.82, 2.24) is 5.32 Å². The maximum Gasteiger partial charge on any atom is 0.261 e. The van der Waals surface area contributed by atoms with Gasteiger partial charge in [-0.3, -0.25) is 4.79 Å². The number of aliphatic hydroxyl groups excluding tert-OH is 1. The number of hydrogen-bond acceptors (Lipinski definition) is 4. The molecular formula is C14H21NO3S. The quantitative estimate of drug-likeness (QED) is 0.733. The van der Waals surface area contributed by atoms with Crippen molar-refractivity contribution in [3.05, 3.63) is 21.4 Å². The van der Waals surface area contributed by atoms with E-state index < -0.39 is 5.60 Å². The number of aliphatic hydroxyl groups is 2. The molecule has 0 aromatic carbocycles. The number of carbonyl (C=O) groups is 1. The average molecular weight is 283 g/mol. The Hall–Kier alpha value is -0.910. The SMILES string of the molecule is CC(O)(CO)CNC(=O)c1cc2c(s1)CCCCC2. The molecule has 1 aromatic rings. The van der Waals surface area contributed by atoms with E-state index in [1.165, 1.54) is 36.6 Å². The summed E-state index contributed by atoms with van der Waals surface area (Å²) >= 11 is 1.56. The van der Waals surface area contributed by atoms with Gasteiger partial charge in [-0.15, -0.1) is 11.3 Å². The van der Waals surface area contributed by atoms with Crippen molar-refractivity contribution in [3.8, 4) is 0 Å². The monoisotopic (exact) mass is 283 g/mol. The Morgan fingerprint density at radius 3 is 2.89 bits per heavy atom. The molecule has 0 fully saturated rings. The maximum absolute atomic E-state index is 12.0. The minimum atomic E-state index is -1.26. The van der Waals surface area contributed by atoms with E-state index in [9.17, 15) is 9.90 Å².